The second-order valence-corrected chi connectivity index (χ2v) is 11.8. The van der Waals surface area contributed by atoms with Gasteiger partial charge in [0.25, 0.3) is 0 Å². The summed E-state index contributed by atoms with van der Waals surface area (Å²) in [6, 6.07) is 17.1. The number of fused-ring (bicyclic) bond motifs is 1. The first-order valence-corrected chi connectivity index (χ1v) is 15.8. The van der Waals surface area contributed by atoms with E-state index in [9.17, 15) is 37.4 Å². The van der Waals surface area contributed by atoms with E-state index in [1.807, 2.05) is 33.7 Å². The summed E-state index contributed by atoms with van der Waals surface area (Å²) in [4.78, 5) is 31.9. The number of anilines is 1. The fourth-order valence-electron chi connectivity index (χ4n) is 5.74. The van der Waals surface area contributed by atoms with Crippen LogP contribution in [0.1, 0.15) is 29.2 Å². The summed E-state index contributed by atoms with van der Waals surface area (Å²) < 4.78 is 56.8. The average Bonchev–Trinajstić information content (AvgIpc) is 3.44. The molecule has 7 N–H and O–H groups in total. The molecule has 14 heteroatoms. The van der Waals surface area contributed by atoms with Gasteiger partial charge in [-0.3, -0.25) is 9.59 Å². The van der Waals surface area contributed by atoms with Crippen molar-refractivity contribution in [2.75, 3.05) is 31.2 Å². The smallest absolute Gasteiger partial charge is 0.237 e. The minimum Gasteiger partial charge on any atom is -0.395 e. The molecule has 262 valence electrons. The van der Waals surface area contributed by atoms with Gasteiger partial charge in [-0.05, 0) is 83.8 Å². The molecular weight excluding hydrogens is 656 g/mol. The number of rotatable bonds is 15. The minimum absolute atomic E-state index is 0.0976. The van der Waals surface area contributed by atoms with Gasteiger partial charge >= 0.3 is 0 Å². The van der Waals surface area contributed by atoms with Crippen molar-refractivity contribution >= 4 is 28.5 Å². The summed E-state index contributed by atoms with van der Waals surface area (Å²) in [7, 11) is 0. The van der Waals surface area contributed by atoms with E-state index in [1.54, 1.807) is 18.2 Å². The second-order valence-electron chi connectivity index (χ2n) is 11.8. The Balaban J connectivity index is 1.50. The zero-order valence-electron chi connectivity index (χ0n) is 26.8. The van der Waals surface area contributed by atoms with Crippen molar-refractivity contribution in [2.45, 2.75) is 31.5 Å². The summed E-state index contributed by atoms with van der Waals surface area (Å²) >= 11 is 0. The maximum Gasteiger partial charge on any atom is 0.237 e. The molecule has 2 amide bonds. The number of amides is 2. The molecule has 0 spiro atoms. The number of aromatic nitrogens is 2. The molecule has 0 fully saturated rings. The third-order valence-electron chi connectivity index (χ3n) is 8.23. The van der Waals surface area contributed by atoms with Crippen molar-refractivity contribution in [3.8, 4) is 11.4 Å². The first-order valence-electron chi connectivity index (χ1n) is 15.8. The molecule has 1 heterocycles. The van der Waals surface area contributed by atoms with Crippen LogP contribution in [0.4, 0.5) is 23.2 Å². The van der Waals surface area contributed by atoms with Crippen molar-refractivity contribution in [1.29, 1.82) is 0 Å². The van der Waals surface area contributed by atoms with Gasteiger partial charge in [0.1, 0.15) is 5.82 Å². The molecule has 4 aromatic carbocycles. The first kappa shape index (κ1) is 36.0. The predicted molar refractivity (Wildman–Crippen MR) is 180 cm³/mol. The van der Waals surface area contributed by atoms with E-state index in [0.717, 1.165) is 30.0 Å². The van der Waals surface area contributed by atoms with Crippen LogP contribution in [-0.4, -0.2) is 63.9 Å². The van der Waals surface area contributed by atoms with Crippen molar-refractivity contribution < 1.29 is 37.4 Å². The summed E-state index contributed by atoms with van der Waals surface area (Å²) in [5.41, 5.74) is 15.4. The molecule has 0 aliphatic rings. The van der Waals surface area contributed by atoms with Gasteiger partial charge in [-0.25, -0.2) is 22.5 Å². The average molecular weight is 693 g/mol. The van der Waals surface area contributed by atoms with Gasteiger partial charge < -0.3 is 36.5 Å². The Bertz CT molecular complexity index is 1980. The van der Waals surface area contributed by atoms with Crippen LogP contribution in [0.5, 0.6) is 0 Å². The van der Waals surface area contributed by atoms with Crippen LogP contribution in [-0.2, 0) is 22.6 Å². The largest absolute Gasteiger partial charge is 0.395 e. The number of nitrogens with two attached hydrogens (primary N) is 2. The molecule has 0 aliphatic carbocycles. The fraction of sp³-hybridized carbons (Fsp3) is 0.250. The number of nitrogens with zero attached hydrogens (tertiary/aromatic N) is 3. The normalized spacial score (nSPS) is 12.5. The van der Waals surface area contributed by atoms with E-state index in [1.165, 1.54) is 12.1 Å². The quantitative estimate of drug-likeness (QED) is 0.105. The number of hydrogen-bond acceptors (Lipinski definition) is 7. The molecule has 0 saturated heterocycles. The first-order chi connectivity index (χ1) is 24.0. The Morgan fingerprint density at radius 2 is 1.44 bits per heavy atom. The Kier molecular flexibility index (Phi) is 11.5. The molecular formula is C36H36F4N6O4. The second kappa shape index (κ2) is 15.9. The molecule has 0 bridgehead atoms. The van der Waals surface area contributed by atoms with Gasteiger partial charge in [0.05, 0.1) is 42.8 Å². The van der Waals surface area contributed by atoms with E-state index >= 15 is 0 Å². The van der Waals surface area contributed by atoms with Gasteiger partial charge in [0.2, 0.25) is 11.8 Å². The van der Waals surface area contributed by atoms with E-state index in [4.69, 9.17) is 16.5 Å². The topological polar surface area (TPSA) is 160 Å². The maximum absolute atomic E-state index is 14.2. The Hall–Kier alpha value is -5.31. The number of aliphatic hydroxyl groups is 2. The molecule has 10 nitrogen and oxygen atoms in total. The van der Waals surface area contributed by atoms with Crippen LogP contribution in [0.2, 0.25) is 0 Å². The molecule has 5 aromatic rings. The van der Waals surface area contributed by atoms with Crippen LogP contribution in [0, 0.1) is 23.3 Å². The Morgan fingerprint density at radius 3 is 2.04 bits per heavy atom. The molecule has 0 aliphatic heterocycles. The highest BCUT2D eigenvalue weighted by atomic mass is 19.2. The lowest BCUT2D eigenvalue weighted by atomic mass is 10.0. The highest BCUT2D eigenvalue weighted by Crippen LogP contribution is 2.30. The number of imidazole rings is 1. The van der Waals surface area contributed by atoms with Crippen molar-refractivity contribution in [3.05, 3.63) is 119 Å². The lowest BCUT2D eigenvalue weighted by Gasteiger charge is -2.23. The van der Waals surface area contributed by atoms with E-state index in [0.29, 0.717) is 52.2 Å². The van der Waals surface area contributed by atoms with Crippen LogP contribution < -0.4 is 21.7 Å². The van der Waals surface area contributed by atoms with Crippen molar-refractivity contribution in [1.82, 2.24) is 14.9 Å². The number of halogens is 4. The molecule has 50 heavy (non-hydrogen) atoms. The summed E-state index contributed by atoms with van der Waals surface area (Å²) in [6.45, 7) is 0.536. The Labute approximate surface area is 285 Å². The van der Waals surface area contributed by atoms with Crippen LogP contribution in [0.15, 0.2) is 78.9 Å². The Morgan fingerprint density at radius 1 is 0.820 bits per heavy atom. The van der Waals surface area contributed by atoms with E-state index in [2.05, 4.69) is 5.32 Å². The molecule has 5 rings (SSSR count). The third kappa shape index (κ3) is 8.45. The number of primary amides is 1. The van der Waals surface area contributed by atoms with Gasteiger partial charge in [-0.15, -0.1) is 0 Å². The number of aliphatic hydroxyl groups excluding tert-OH is 2. The monoisotopic (exact) mass is 692 g/mol. The maximum atomic E-state index is 14.2. The zero-order valence-corrected chi connectivity index (χ0v) is 26.8. The molecule has 2 atom stereocenters. The van der Waals surface area contributed by atoms with E-state index < -0.39 is 47.2 Å². The number of carbonyl (C=O) groups is 2. The SMILES string of the molecule is NC(=O)CC(NC(=O)C(N)Cc1ccc(F)c(F)c1)c1ccc2c(c1)nc(-c1ccc(N(CCO)CCO)cc1)n2Cc1ccc(F)c(F)c1. The highest BCUT2D eigenvalue weighted by Gasteiger charge is 2.24. The van der Waals surface area contributed by atoms with Crippen LogP contribution >= 0.6 is 0 Å². The standard InChI is InChI=1S/C36H36F4N6O4/c37-26-8-1-21(15-28(26)39)17-30(41)36(50)44-31(19-34(42)49)24-5-10-33-32(18-24)43-35(46(33)20-22-2-9-27(38)29(40)16-22)23-3-6-25(7-4-23)45(11-13-47)12-14-48/h1-10,15-16,18,30-31,47-48H,11-14,17,19-20,41H2,(H2,42,49)(H,44,50). The van der Waals surface area contributed by atoms with Gasteiger partial charge in [0, 0.05) is 30.9 Å². The zero-order chi connectivity index (χ0) is 35.9. The summed E-state index contributed by atoms with van der Waals surface area (Å²) in [5.74, 6) is -4.95. The van der Waals surface area contributed by atoms with Crippen LogP contribution in [0.25, 0.3) is 22.4 Å². The molecule has 0 saturated carbocycles. The number of hydrogen-bond donors (Lipinski definition) is 5. The molecule has 1 aromatic heterocycles. The van der Waals surface area contributed by atoms with Crippen LogP contribution in [0.3, 0.4) is 0 Å². The number of carbonyl (C=O) groups excluding carboxylic acids is 2. The van der Waals surface area contributed by atoms with Gasteiger partial charge in [-0.1, -0.05) is 18.2 Å². The molecule has 0 radical (unpaired) electrons. The van der Waals surface area contributed by atoms with E-state index in [-0.39, 0.29) is 32.6 Å². The highest BCUT2D eigenvalue weighted by molar-refractivity contribution is 5.85. The van der Waals surface area contributed by atoms with Crippen molar-refractivity contribution in [3.63, 3.8) is 0 Å². The third-order valence-corrected chi connectivity index (χ3v) is 8.23. The van der Waals surface area contributed by atoms with Crippen molar-refractivity contribution in [2.24, 2.45) is 11.5 Å². The van der Waals surface area contributed by atoms with Gasteiger partial charge in [0.15, 0.2) is 23.3 Å². The number of nitrogens with one attached hydrogen (secondary N) is 1. The lowest BCUT2D eigenvalue weighted by molar-refractivity contribution is -0.123. The lowest BCUT2D eigenvalue weighted by Crippen LogP contribution is -2.44. The minimum atomic E-state index is -1.16. The number of benzene rings is 4. The predicted octanol–water partition coefficient (Wildman–Crippen LogP) is 3.70. The summed E-state index contributed by atoms with van der Waals surface area (Å²) in [6.07, 6.45) is -0.378. The summed E-state index contributed by atoms with van der Waals surface area (Å²) in [5, 5.41) is 21.6. The van der Waals surface area contributed by atoms with Gasteiger partial charge in [-0.2, -0.15) is 0 Å². The molecule has 2 unspecified atom stereocenters. The fourth-order valence-corrected chi connectivity index (χ4v) is 5.74.